The summed E-state index contributed by atoms with van der Waals surface area (Å²) in [6.45, 7) is 0.326. The van der Waals surface area contributed by atoms with E-state index in [1.165, 1.54) is 0 Å². The van der Waals surface area contributed by atoms with E-state index in [4.69, 9.17) is 10.3 Å². The number of ether oxygens (including phenoxy) is 1. The van der Waals surface area contributed by atoms with E-state index in [9.17, 15) is 9.90 Å². The number of carbonyl (C=O) groups is 1. The predicted molar refractivity (Wildman–Crippen MR) is 72.9 cm³/mol. The molecule has 1 aromatic rings. The van der Waals surface area contributed by atoms with Crippen LogP contribution in [0.1, 0.15) is 24.8 Å². The lowest BCUT2D eigenvalue weighted by atomic mass is 9.83. The Morgan fingerprint density at radius 1 is 1.40 bits per heavy atom. The van der Waals surface area contributed by atoms with Gasteiger partial charge in [-0.2, -0.15) is 0 Å². The molecule has 0 saturated heterocycles. The van der Waals surface area contributed by atoms with Crippen molar-refractivity contribution >= 4 is 5.97 Å². The van der Waals surface area contributed by atoms with E-state index < -0.39 is 24.0 Å². The maximum atomic E-state index is 11.3. The fourth-order valence-corrected chi connectivity index (χ4v) is 2.59. The molecule has 20 heavy (non-hydrogen) atoms. The third kappa shape index (κ3) is 3.50. The topological polar surface area (TPSA) is 95.3 Å². The zero-order chi connectivity index (χ0) is 14.4. The molecule has 6 nitrogen and oxygen atoms in total. The van der Waals surface area contributed by atoms with Gasteiger partial charge in [0.05, 0.1) is 24.7 Å². The number of carboxylic acids is 1. The Morgan fingerprint density at radius 2 is 2.15 bits per heavy atom. The molecule has 0 spiro atoms. The molecule has 1 aliphatic rings. The van der Waals surface area contributed by atoms with Gasteiger partial charge in [0.2, 0.25) is 0 Å². The minimum atomic E-state index is -0.888. The van der Waals surface area contributed by atoms with Crippen molar-refractivity contribution in [3.05, 3.63) is 46.3 Å². The van der Waals surface area contributed by atoms with Crippen LogP contribution in [-0.4, -0.2) is 23.2 Å². The molecule has 106 valence electrons. The van der Waals surface area contributed by atoms with Crippen LogP contribution in [0.4, 0.5) is 0 Å². The summed E-state index contributed by atoms with van der Waals surface area (Å²) in [6.07, 6.45) is 1.42. The van der Waals surface area contributed by atoms with Gasteiger partial charge in [-0.1, -0.05) is 41.9 Å². The Bertz CT molecular complexity index is 490. The highest BCUT2D eigenvalue weighted by Crippen LogP contribution is 2.30. The van der Waals surface area contributed by atoms with E-state index in [1.54, 1.807) is 0 Å². The third-order valence-corrected chi connectivity index (χ3v) is 3.59. The maximum Gasteiger partial charge on any atom is 0.309 e. The Labute approximate surface area is 117 Å². The summed E-state index contributed by atoms with van der Waals surface area (Å²) >= 11 is 0. The van der Waals surface area contributed by atoms with Gasteiger partial charge in [-0.3, -0.25) is 4.79 Å². The van der Waals surface area contributed by atoms with Crippen molar-refractivity contribution in [1.82, 2.24) is 0 Å². The molecule has 0 heterocycles. The second-order valence-electron chi connectivity index (χ2n) is 4.91. The average Bonchev–Trinajstić information content (AvgIpc) is 2.47. The van der Waals surface area contributed by atoms with Crippen LogP contribution in [0.2, 0.25) is 0 Å². The summed E-state index contributed by atoms with van der Waals surface area (Å²) in [5, 5.41) is 13.0. The van der Waals surface area contributed by atoms with E-state index >= 15 is 0 Å². The van der Waals surface area contributed by atoms with Gasteiger partial charge in [0, 0.05) is 4.91 Å². The van der Waals surface area contributed by atoms with Gasteiger partial charge in [-0.25, -0.2) is 0 Å². The van der Waals surface area contributed by atoms with Crippen LogP contribution >= 0.6 is 0 Å². The maximum absolute atomic E-state index is 11.3. The van der Waals surface area contributed by atoms with Crippen molar-refractivity contribution in [1.29, 1.82) is 0 Å². The van der Waals surface area contributed by atoms with Crippen LogP contribution in [0.3, 0.4) is 0 Å². The molecule has 1 saturated carbocycles. The predicted octanol–water partition coefficient (Wildman–Crippen LogP) is 3.14. The zero-order valence-corrected chi connectivity index (χ0v) is 11.1. The van der Waals surface area contributed by atoms with E-state index in [2.05, 4.69) is 10.0 Å². The largest absolute Gasteiger partial charge is 0.481 e. The Balaban J connectivity index is 2.09. The lowest BCUT2D eigenvalue weighted by Gasteiger charge is -2.33. The highest BCUT2D eigenvalue weighted by Gasteiger charge is 2.38. The molecule has 0 amide bonds. The molecule has 1 aromatic carbocycles. The number of azide groups is 1. The van der Waals surface area contributed by atoms with Gasteiger partial charge in [0.15, 0.2) is 0 Å². The van der Waals surface area contributed by atoms with Crippen LogP contribution in [0, 0.1) is 5.92 Å². The quantitative estimate of drug-likeness (QED) is 0.508. The molecule has 0 aromatic heterocycles. The van der Waals surface area contributed by atoms with Crippen LogP contribution in [0.25, 0.3) is 10.4 Å². The molecule has 0 aliphatic heterocycles. The molecule has 0 radical (unpaired) electrons. The minimum Gasteiger partial charge on any atom is -0.481 e. The van der Waals surface area contributed by atoms with Crippen molar-refractivity contribution in [2.24, 2.45) is 11.0 Å². The van der Waals surface area contributed by atoms with Crippen LogP contribution in [-0.2, 0) is 16.1 Å². The monoisotopic (exact) mass is 275 g/mol. The van der Waals surface area contributed by atoms with Crippen LogP contribution in [0.5, 0.6) is 0 Å². The summed E-state index contributed by atoms with van der Waals surface area (Å²) in [5.41, 5.74) is 9.58. The lowest BCUT2D eigenvalue weighted by molar-refractivity contribution is -0.151. The summed E-state index contributed by atoms with van der Waals surface area (Å²) in [4.78, 5) is 14.1. The van der Waals surface area contributed by atoms with Crippen molar-refractivity contribution in [2.45, 2.75) is 38.0 Å². The van der Waals surface area contributed by atoms with E-state index in [0.717, 1.165) is 12.0 Å². The summed E-state index contributed by atoms with van der Waals surface area (Å²) in [5.74, 6) is -1.50. The van der Waals surface area contributed by atoms with Gasteiger partial charge >= 0.3 is 5.97 Å². The highest BCUT2D eigenvalue weighted by atomic mass is 16.5. The standard InChI is InChI=1S/C14H17N3O3/c15-17-16-12-8-4-7-11(14(18)19)13(12)20-9-10-5-2-1-3-6-10/h1-3,5-6,11-13H,4,7-9H2,(H,18,19)/t11-,12-,13-/m0/s1. The highest BCUT2D eigenvalue weighted by molar-refractivity contribution is 5.71. The smallest absolute Gasteiger partial charge is 0.309 e. The number of nitrogens with zero attached hydrogens (tertiary/aromatic N) is 3. The normalized spacial score (nSPS) is 25.7. The molecule has 1 aliphatic carbocycles. The summed E-state index contributed by atoms with van der Waals surface area (Å²) in [6, 6.07) is 9.15. The average molecular weight is 275 g/mol. The minimum absolute atomic E-state index is 0.326. The third-order valence-electron chi connectivity index (χ3n) is 3.59. The molecule has 0 unspecified atom stereocenters. The van der Waals surface area contributed by atoms with Gasteiger partial charge in [0.1, 0.15) is 0 Å². The molecule has 2 rings (SSSR count). The molecule has 6 heteroatoms. The number of aliphatic carboxylic acids is 1. The Morgan fingerprint density at radius 3 is 2.80 bits per heavy atom. The SMILES string of the molecule is [N-]=[N+]=N[C@H]1CCC[C@H](C(=O)O)[C@@H]1OCc1ccccc1. The number of rotatable bonds is 5. The summed E-state index contributed by atoms with van der Waals surface area (Å²) in [7, 11) is 0. The molecule has 3 atom stereocenters. The number of hydrogen-bond acceptors (Lipinski definition) is 3. The second-order valence-corrected chi connectivity index (χ2v) is 4.91. The molecule has 0 bridgehead atoms. The molecular formula is C14H17N3O3. The van der Waals surface area contributed by atoms with Crippen molar-refractivity contribution < 1.29 is 14.6 Å². The van der Waals surface area contributed by atoms with Crippen LogP contribution < -0.4 is 0 Å². The Hall–Kier alpha value is -2.04. The van der Waals surface area contributed by atoms with E-state index in [0.29, 0.717) is 19.4 Å². The first-order valence-corrected chi connectivity index (χ1v) is 6.65. The fraction of sp³-hybridized carbons (Fsp3) is 0.500. The van der Waals surface area contributed by atoms with Crippen molar-refractivity contribution in [3.8, 4) is 0 Å². The summed E-state index contributed by atoms with van der Waals surface area (Å²) < 4.78 is 5.76. The van der Waals surface area contributed by atoms with Gasteiger partial charge < -0.3 is 9.84 Å². The van der Waals surface area contributed by atoms with Crippen LogP contribution in [0.15, 0.2) is 35.4 Å². The first-order valence-electron chi connectivity index (χ1n) is 6.65. The lowest BCUT2D eigenvalue weighted by Crippen LogP contribution is -2.42. The first-order chi connectivity index (χ1) is 9.72. The van der Waals surface area contributed by atoms with Gasteiger partial charge in [-0.15, -0.1) is 0 Å². The van der Waals surface area contributed by atoms with E-state index in [1.807, 2.05) is 30.3 Å². The van der Waals surface area contributed by atoms with Gasteiger partial charge in [0.25, 0.3) is 0 Å². The molecule has 1 N–H and O–H groups in total. The fourth-order valence-electron chi connectivity index (χ4n) is 2.59. The Kier molecular flexibility index (Phi) is 4.98. The molecular weight excluding hydrogens is 258 g/mol. The number of benzene rings is 1. The number of hydrogen-bond donors (Lipinski definition) is 1. The van der Waals surface area contributed by atoms with Crippen molar-refractivity contribution in [2.75, 3.05) is 0 Å². The number of carboxylic acid groups (broad SMARTS) is 1. The zero-order valence-electron chi connectivity index (χ0n) is 11.1. The van der Waals surface area contributed by atoms with E-state index in [-0.39, 0.29) is 0 Å². The van der Waals surface area contributed by atoms with Gasteiger partial charge in [-0.05, 0) is 23.9 Å². The molecule has 1 fully saturated rings. The first kappa shape index (κ1) is 14.4. The second kappa shape index (κ2) is 6.93. The van der Waals surface area contributed by atoms with Crippen molar-refractivity contribution in [3.63, 3.8) is 0 Å².